The third-order valence-electron chi connectivity index (χ3n) is 4.08. The van der Waals surface area contributed by atoms with Crippen LogP contribution < -0.4 is 37.3 Å². The quantitative estimate of drug-likeness (QED) is 0.235. The smallest absolute Gasteiger partial charge is 1.00 e. The molecule has 0 heterocycles. The van der Waals surface area contributed by atoms with Gasteiger partial charge < -0.3 is 21.8 Å². The topological polar surface area (TPSA) is 23.1 Å². The molecular formula is C18H6BrF9MgOSi. The third-order valence-corrected chi connectivity index (χ3v) is 7.62. The van der Waals surface area contributed by atoms with E-state index in [2.05, 4.69) is 0 Å². The molecule has 0 atom stereocenters. The molecule has 13 heteroatoms. The molecule has 0 saturated heterocycles. The van der Waals surface area contributed by atoms with Gasteiger partial charge in [0.05, 0.1) is 8.32 Å². The zero-order valence-corrected chi connectivity index (χ0v) is 18.9. The van der Waals surface area contributed by atoms with Crippen molar-refractivity contribution in [3.8, 4) is 0 Å². The molecule has 3 aromatic carbocycles. The van der Waals surface area contributed by atoms with Crippen LogP contribution >= 0.6 is 0 Å². The predicted molar refractivity (Wildman–Crippen MR) is 89.4 cm³/mol. The van der Waals surface area contributed by atoms with Crippen molar-refractivity contribution >= 4 is 46.9 Å². The molecule has 1 nitrogen and oxygen atoms in total. The zero-order valence-electron chi connectivity index (χ0n) is 14.9. The van der Waals surface area contributed by atoms with E-state index in [1.54, 1.807) is 0 Å². The van der Waals surface area contributed by atoms with Crippen molar-refractivity contribution < 1.29 is 61.3 Å². The molecule has 0 aromatic heterocycles. The van der Waals surface area contributed by atoms with Crippen LogP contribution in [0.5, 0.6) is 0 Å². The van der Waals surface area contributed by atoms with E-state index >= 15 is 0 Å². The van der Waals surface area contributed by atoms with Gasteiger partial charge in [0.2, 0.25) is 0 Å². The molecule has 0 aliphatic carbocycles. The summed E-state index contributed by atoms with van der Waals surface area (Å²) in [6.45, 7) is 0. The first-order chi connectivity index (χ1) is 13.5. The molecule has 0 bridgehead atoms. The molecule has 0 aliphatic heterocycles. The van der Waals surface area contributed by atoms with Gasteiger partial charge in [-0.15, -0.1) is 0 Å². The monoisotopic (exact) mass is 540 g/mol. The number of benzene rings is 3. The van der Waals surface area contributed by atoms with Crippen molar-refractivity contribution in [1.82, 2.24) is 0 Å². The summed E-state index contributed by atoms with van der Waals surface area (Å²) in [5, 5.41) is -5.23. The Kier molecular flexibility index (Phi) is 8.81. The van der Waals surface area contributed by atoms with E-state index in [0.29, 0.717) is 0 Å². The maximum Gasteiger partial charge on any atom is 2.00 e. The van der Waals surface area contributed by atoms with Gasteiger partial charge in [-0.2, -0.15) is 0 Å². The van der Waals surface area contributed by atoms with E-state index in [-0.39, 0.29) is 76.4 Å². The third kappa shape index (κ3) is 4.79. The Bertz CT molecular complexity index is 937. The number of hydrogen-bond acceptors (Lipinski definition) is 1. The van der Waals surface area contributed by atoms with Crippen molar-refractivity contribution in [3.05, 3.63) is 88.8 Å². The van der Waals surface area contributed by atoms with Gasteiger partial charge in [0.25, 0.3) is 0 Å². The fourth-order valence-corrected chi connectivity index (χ4v) is 6.21. The molecule has 0 radical (unpaired) electrons. The average Bonchev–Trinajstić information content (AvgIpc) is 2.51. The van der Waals surface area contributed by atoms with Crippen LogP contribution in [0.4, 0.5) is 39.5 Å². The summed E-state index contributed by atoms with van der Waals surface area (Å²) in [4.78, 5) is 13.7. The SMILES string of the molecule is [Br-].[Mg+2].[O-][Si](c1c(F)cc(F)cc1F)(c1c(F)cc(F)cc1F)c1c(F)cc(F)cc1F. The first-order valence-corrected chi connectivity index (χ1v) is 9.53. The van der Waals surface area contributed by atoms with E-state index in [4.69, 9.17) is 0 Å². The molecule has 3 rings (SSSR count). The van der Waals surface area contributed by atoms with Gasteiger partial charge in [0.1, 0.15) is 52.4 Å². The molecule has 0 amide bonds. The summed E-state index contributed by atoms with van der Waals surface area (Å²) in [5.74, 6) is -16.4. The number of hydrogen-bond donors (Lipinski definition) is 0. The zero-order chi connectivity index (χ0) is 21.7. The Morgan fingerprint density at radius 2 is 0.613 bits per heavy atom. The van der Waals surface area contributed by atoms with E-state index in [9.17, 15) is 44.3 Å². The van der Waals surface area contributed by atoms with E-state index in [1.165, 1.54) is 0 Å². The first kappa shape index (κ1) is 27.5. The summed E-state index contributed by atoms with van der Waals surface area (Å²) < 4.78 is 126. The van der Waals surface area contributed by atoms with Crippen LogP contribution in [-0.4, -0.2) is 31.4 Å². The van der Waals surface area contributed by atoms with Gasteiger partial charge in [-0.25, -0.2) is 39.5 Å². The summed E-state index contributed by atoms with van der Waals surface area (Å²) in [5.41, 5.74) is 0. The second-order valence-corrected chi connectivity index (χ2v) is 8.78. The van der Waals surface area contributed by atoms with Gasteiger partial charge in [0.15, 0.2) is 0 Å². The molecule has 0 saturated carbocycles. The van der Waals surface area contributed by atoms with Crippen molar-refractivity contribution in [2.24, 2.45) is 0 Å². The molecule has 3 aromatic rings. The molecule has 0 unspecified atom stereocenters. The molecule has 160 valence electrons. The molecule has 0 spiro atoms. The molecular weight excluding hydrogens is 535 g/mol. The minimum atomic E-state index is -6.21. The minimum Gasteiger partial charge on any atom is -1.00 e. The summed E-state index contributed by atoms with van der Waals surface area (Å²) >= 11 is 0. The normalized spacial score (nSPS) is 11.0. The Labute approximate surface area is 196 Å². The van der Waals surface area contributed by atoms with Crippen LogP contribution in [0.1, 0.15) is 0 Å². The largest absolute Gasteiger partial charge is 2.00 e. The van der Waals surface area contributed by atoms with Gasteiger partial charge in [0, 0.05) is 52.0 Å². The average molecular weight is 542 g/mol. The summed E-state index contributed by atoms with van der Waals surface area (Å²) in [6.07, 6.45) is 0. The molecule has 0 fully saturated rings. The van der Waals surface area contributed by atoms with Crippen molar-refractivity contribution in [2.75, 3.05) is 0 Å². The Morgan fingerprint density at radius 3 is 0.774 bits per heavy atom. The minimum absolute atomic E-state index is 0. The molecule has 0 N–H and O–H groups in total. The molecule has 0 aliphatic rings. The molecule has 31 heavy (non-hydrogen) atoms. The number of halogens is 10. The summed E-state index contributed by atoms with van der Waals surface area (Å²) in [6, 6.07) is -0.186. The fraction of sp³-hybridized carbons (Fsp3) is 0. The van der Waals surface area contributed by atoms with Crippen LogP contribution in [0, 0.1) is 52.4 Å². The fourth-order valence-electron chi connectivity index (χ4n) is 3.01. The maximum absolute atomic E-state index is 14.4. The number of rotatable bonds is 3. The van der Waals surface area contributed by atoms with Crippen LogP contribution in [-0.2, 0) is 0 Å². The van der Waals surface area contributed by atoms with Gasteiger partial charge in [-0.1, -0.05) is 0 Å². The van der Waals surface area contributed by atoms with E-state index < -0.39 is 76.2 Å². The van der Waals surface area contributed by atoms with Crippen molar-refractivity contribution in [1.29, 1.82) is 0 Å². The first-order valence-electron chi connectivity index (χ1n) is 7.62. The van der Waals surface area contributed by atoms with Crippen LogP contribution in [0.2, 0.25) is 0 Å². The second-order valence-electron chi connectivity index (χ2n) is 5.91. The van der Waals surface area contributed by atoms with Crippen molar-refractivity contribution in [3.63, 3.8) is 0 Å². The second kappa shape index (κ2) is 9.94. The maximum atomic E-state index is 14.4. The van der Waals surface area contributed by atoms with Crippen LogP contribution in [0.15, 0.2) is 36.4 Å². The van der Waals surface area contributed by atoms with Crippen LogP contribution in [0.25, 0.3) is 0 Å². The van der Waals surface area contributed by atoms with Gasteiger partial charge in [-0.3, -0.25) is 0 Å². The van der Waals surface area contributed by atoms with E-state index in [1.807, 2.05) is 0 Å². The van der Waals surface area contributed by atoms with Crippen LogP contribution in [0.3, 0.4) is 0 Å². The van der Waals surface area contributed by atoms with Gasteiger partial charge in [-0.05, 0) is 0 Å². The predicted octanol–water partition coefficient (Wildman–Crippen LogP) is -1.11. The Morgan fingerprint density at radius 1 is 0.452 bits per heavy atom. The summed E-state index contributed by atoms with van der Waals surface area (Å²) in [7, 11) is -6.21. The van der Waals surface area contributed by atoms with Crippen molar-refractivity contribution in [2.45, 2.75) is 0 Å². The Balaban J connectivity index is 0.00000240. The van der Waals surface area contributed by atoms with E-state index in [0.717, 1.165) is 0 Å². The standard InChI is InChI=1S/C18H6F9OSi.BrH.Mg/c19-7-1-10(22)16(11(23)2-7)29(28,17-12(24)3-8(20)4-13(17)25)18-14(26)5-9(21)6-15(18)27;;/h1-6H;1H;/q-1;;+2/p-1. The Hall–Kier alpha value is -1.55. The van der Waals surface area contributed by atoms with Gasteiger partial charge >= 0.3 is 23.1 Å².